The number of carbonyl (C=O) groups is 1. The van der Waals surface area contributed by atoms with Crippen molar-refractivity contribution in [3.8, 4) is 5.75 Å². The van der Waals surface area contributed by atoms with Gasteiger partial charge in [0.15, 0.2) is 5.78 Å². The number of ketones is 1. The SMILES string of the molecule is Cc1cc(C2(C3=CC(C)C(=O)C=C3)CCCCC2)ccc1O. The second-order valence-corrected chi connectivity index (χ2v) is 6.79. The van der Waals surface area contributed by atoms with E-state index in [1.807, 2.05) is 26.0 Å². The highest BCUT2D eigenvalue weighted by molar-refractivity contribution is 5.94. The minimum Gasteiger partial charge on any atom is -0.508 e. The number of aromatic hydroxyl groups is 1. The van der Waals surface area contributed by atoms with E-state index in [0.29, 0.717) is 5.75 Å². The number of phenolic OH excluding ortho intramolecular Hbond substituents is 1. The van der Waals surface area contributed by atoms with Crippen LogP contribution in [0.1, 0.15) is 50.2 Å². The minimum absolute atomic E-state index is 0.00215. The van der Waals surface area contributed by atoms with Crippen molar-refractivity contribution in [3.05, 3.63) is 53.1 Å². The van der Waals surface area contributed by atoms with Crippen molar-refractivity contribution in [1.29, 1.82) is 0 Å². The molecule has 2 heteroatoms. The third-order valence-corrected chi connectivity index (χ3v) is 5.31. The Morgan fingerprint density at radius 1 is 1.14 bits per heavy atom. The van der Waals surface area contributed by atoms with Gasteiger partial charge in [-0.1, -0.05) is 50.5 Å². The van der Waals surface area contributed by atoms with Crippen LogP contribution in [0.5, 0.6) is 5.75 Å². The fraction of sp³-hybridized carbons (Fsp3) is 0.450. The fourth-order valence-electron chi connectivity index (χ4n) is 3.90. The van der Waals surface area contributed by atoms with Crippen LogP contribution in [0.15, 0.2) is 42.0 Å². The molecule has 22 heavy (non-hydrogen) atoms. The summed E-state index contributed by atoms with van der Waals surface area (Å²) in [6.07, 6.45) is 11.9. The molecular weight excluding hydrogens is 272 g/mol. The van der Waals surface area contributed by atoms with Gasteiger partial charge in [-0.2, -0.15) is 0 Å². The lowest BCUT2D eigenvalue weighted by atomic mass is 9.63. The highest BCUT2D eigenvalue weighted by atomic mass is 16.3. The number of hydrogen-bond donors (Lipinski definition) is 1. The topological polar surface area (TPSA) is 37.3 Å². The zero-order valence-corrected chi connectivity index (χ0v) is 13.4. The van der Waals surface area contributed by atoms with Crippen LogP contribution < -0.4 is 0 Å². The molecule has 1 atom stereocenters. The largest absolute Gasteiger partial charge is 0.508 e. The molecule has 1 unspecified atom stereocenters. The lowest BCUT2D eigenvalue weighted by Crippen LogP contribution is -2.32. The zero-order valence-electron chi connectivity index (χ0n) is 13.4. The second-order valence-electron chi connectivity index (χ2n) is 6.79. The van der Waals surface area contributed by atoms with Crippen LogP contribution in [0.2, 0.25) is 0 Å². The monoisotopic (exact) mass is 296 g/mol. The summed E-state index contributed by atoms with van der Waals surface area (Å²) in [4.78, 5) is 11.8. The number of allylic oxidation sites excluding steroid dienone is 4. The Morgan fingerprint density at radius 3 is 2.50 bits per heavy atom. The summed E-state index contributed by atoms with van der Waals surface area (Å²) in [7, 11) is 0. The number of phenols is 1. The second kappa shape index (κ2) is 5.75. The smallest absolute Gasteiger partial charge is 0.162 e. The summed E-state index contributed by atoms with van der Waals surface area (Å²) in [5, 5.41) is 9.84. The average molecular weight is 296 g/mol. The Morgan fingerprint density at radius 2 is 1.86 bits per heavy atom. The average Bonchev–Trinajstić information content (AvgIpc) is 2.53. The lowest BCUT2D eigenvalue weighted by Gasteiger charge is -2.40. The van der Waals surface area contributed by atoms with Gasteiger partial charge in [-0.25, -0.2) is 0 Å². The first-order valence-corrected chi connectivity index (χ1v) is 8.27. The molecule has 0 spiro atoms. The summed E-state index contributed by atoms with van der Waals surface area (Å²) in [6.45, 7) is 3.93. The van der Waals surface area contributed by atoms with Crippen LogP contribution in [0.4, 0.5) is 0 Å². The molecule has 1 aromatic carbocycles. The van der Waals surface area contributed by atoms with Gasteiger partial charge in [0.1, 0.15) is 5.75 Å². The van der Waals surface area contributed by atoms with E-state index in [9.17, 15) is 9.90 Å². The molecule has 3 rings (SSSR count). The molecule has 2 nitrogen and oxygen atoms in total. The maximum atomic E-state index is 11.8. The summed E-state index contributed by atoms with van der Waals surface area (Å²) in [6, 6.07) is 5.99. The Kier molecular flexibility index (Phi) is 3.94. The van der Waals surface area contributed by atoms with Gasteiger partial charge < -0.3 is 5.11 Å². The van der Waals surface area contributed by atoms with Crippen molar-refractivity contribution in [2.45, 2.75) is 51.4 Å². The minimum atomic E-state index is -0.0305. The highest BCUT2D eigenvalue weighted by Crippen LogP contribution is 2.47. The predicted molar refractivity (Wildman–Crippen MR) is 89.0 cm³/mol. The van der Waals surface area contributed by atoms with Crippen molar-refractivity contribution < 1.29 is 9.90 Å². The predicted octanol–water partition coefficient (Wildman–Crippen LogP) is 4.60. The van der Waals surface area contributed by atoms with Crippen LogP contribution in [-0.2, 0) is 10.2 Å². The van der Waals surface area contributed by atoms with Crippen molar-refractivity contribution >= 4 is 5.78 Å². The van der Waals surface area contributed by atoms with E-state index in [0.717, 1.165) is 18.4 Å². The van der Waals surface area contributed by atoms with Crippen molar-refractivity contribution in [2.75, 3.05) is 0 Å². The van der Waals surface area contributed by atoms with E-state index in [1.54, 1.807) is 6.08 Å². The molecule has 1 N–H and O–H groups in total. The summed E-state index contributed by atoms with van der Waals surface area (Å²) in [5.41, 5.74) is 3.48. The first kappa shape index (κ1) is 15.1. The van der Waals surface area contributed by atoms with E-state index in [2.05, 4.69) is 18.2 Å². The van der Waals surface area contributed by atoms with E-state index < -0.39 is 0 Å². The molecule has 0 aromatic heterocycles. The Balaban J connectivity index is 2.09. The number of rotatable bonds is 2. The molecule has 0 aliphatic heterocycles. The van der Waals surface area contributed by atoms with Gasteiger partial charge in [0, 0.05) is 11.3 Å². The van der Waals surface area contributed by atoms with Gasteiger partial charge in [-0.05, 0) is 48.6 Å². The number of hydrogen-bond acceptors (Lipinski definition) is 2. The molecule has 1 fully saturated rings. The lowest BCUT2D eigenvalue weighted by molar-refractivity contribution is -0.116. The van der Waals surface area contributed by atoms with Crippen molar-refractivity contribution in [3.63, 3.8) is 0 Å². The Labute approximate surface area is 132 Å². The Hall–Kier alpha value is -1.83. The van der Waals surface area contributed by atoms with Gasteiger partial charge in [-0.15, -0.1) is 0 Å². The molecule has 2 aliphatic rings. The highest BCUT2D eigenvalue weighted by Gasteiger charge is 2.38. The molecular formula is C20H24O2. The van der Waals surface area contributed by atoms with E-state index in [4.69, 9.17) is 0 Å². The first-order chi connectivity index (χ1) is 10.5. The van der Waals surface area contributed by atoms with E-state index in [-0.39, 0.29) is 17.1 Å². The third-order valence-electron chi connectivity index (χ3n) is 5.31. The van der Waals surface area contributed by atoms with Crippen LogP contribution in [0.3, 0.4) is 0 Å². The molecule has 116 valence electrons. The molecule has 0 radical (unpaired) electrons. The maximum absolute atomic E-state index is 11.8. The van der Waals surface area contributed by atoms with Crippen LogP contribution >= 0.6 is 0 Å². The third kappa shape index (κ3) is 2.51. The van der Waals surface area contributed by atoms with Gasteiger partial charge in [0.05, 0.1) is 0 Å². The maximum Gasteiger partial charge on any atom is 0.162 e. The molecule has 2 aliphatic carbocycles. The van der Waals surface area contributed by atoms with Crippen molar-refractivity contribution in [2.24, 2.45) is 5.92 Å². The van der Waals surface area contributed by atoms with Gasteiger partial charge >= 0.3 is 0 Å². The van der Waals surface area contributed by atoms with Crippen molar-refractivity contribution in [1.82, 2.24) is 0 Å². The summed E-state index contributed by atoms with van der Waals surface area (Å²) < 4.78 is 0. The Bertz CT molecular complexity index is 646. The summed E-state index contributed by atoms with van der Waals surface area (Å²) in [5.74, 6) is 0.514. The molecule has 1 aromatic rings. The molecule has 0 amide bonds. The fourth-order valence-corrected chi connectivity index (χ4v) is 3.90. The standard InChI is InChI=1S/C20H24O2/c1-14-12-16(6-8-18(14)21)20(10-4-3-5-11-20)17-7-9-19(22)15(2)13-17/h6-9,12-14,22H,3-5,10-11H2,1-2H3. The summed E-state index contributed by atoms with van der Waals surface area (Å²) >= 11 is 0. The molecule has 0 saturated heterocycles. The van der Waals surface area contributed by atoms with Gasteiger partial charge in [-0.3, -0.25) is 4.79 Å². The number of aryl methyl sites for hydroxylation is 1. The van der Waals surface area contributed by atoms with Crippen LogP contribution in [-0.4, -0.2) is 10.9 Å². The van der Waals surface area contributed by atoms with Gasteiger partial charge in [0.25, 0.3) is 0 Å². The normalized spacial score (nSPS) is 24.2. The first-order valence-electron chi connectivity index (χ1n) is 8.27. The number of benzene rings is 1. The van der Waals surface area contributed by atoms with Gasteiger partial charge in [0.2, 0.25) is 0 Å². The van der Waals surface area contributed by atoms with Crippen LogP contribution in [0.25, 0.3) is 0 Å². The molecule has 1 saturated carbocycles. The number of carbonyl (C=O) groups excluding carboxylic acids is 1. The zero-order chi connectivity index (χ0) is 15.7. The molecule has 0 bridgehead atoms. The molecule has 0 heterocycles. The van der Waals surface area contributed by atoms with E-state index in [1.165, 1.54) is 30.4 Å². The van der Waals surface area contributed by atoms with E-state index >= 15 is 0 Å². The quantitative estimate of drug-likeness (QED) is 0.865. The van der Waals surface area contributed by atoms with Crippen LogP contribution in [0, 0.1) is 12.8 Å².